The number of ether oxygens (including phenoxy) is 2. The van der Waals surface area contributed by atoms with Gasteiger partial charge in [0.1, 0.15) is 0 Å². The number of nitrogens with zero attached hydrogens (tertiary/aromatic N) is 3. The zero-order chi connectivity index (χ0) is 21.9. The van der Waals surface area contributed by atoms with Crippen LogP contribution in [-0.4, -0.2) is 36.0 Å². The number of rotatable bonds is 10. The third-order valence-corrected chi connectivity index (χ3v) is 4.75. The molecule has 0 amide bonds. The van der Waals surface area contributed by atoms with E-state index in [-0.39, 0.29) is 24.0 Å². The topological polar surface area (TPSA) is 72.7 Å². The van der Waals surface area contributed by atoms with E-state index in [0.717, 1.165) is 36.1 Å². The summed E-state index contributed by atoms with van der Waals surface area (Å²) in [5.74, 6) is 2.24. The van der Waals surface area contributed by atoms with Crippen LogP contribution >= 0.6 is 24.0 Å². The lowest BCUT2D eigenvalue weighted by atomic mass is 10.1. The van der Waals surface area contributed by atoms with E-state index < -0.39 is 0 Å². The van der Waals surface area contributed by atoms with Crippen LogP contribution in [0.15, 0.2) is 65.9 Å². The largest absolute Gasteiger partial charge is 0.493 e. The molecule has 1 aromatic heterocycles. The van der Waals surface area contributed by atoms with Crippen LogP contribution in [0.2, 0.25) is 0 Å². The van der Waals surface area contributed by atoms with Gasteiger partial charge in [0, 0.05) is 25.5 Å². The summed E-state index contributed by atoms with van der Waals surface area (Å²) < 4.78 is 13.0. The first-order valence-corrected chi connectivity index (χ1v) is 10.6. The number of benzene rings is 2. The molecule has 0 radical (unpaired) electrons. The predicted octanol–water partition coefficient (Wildman–Crippen LogP) is 4.21. The summed E-state index contributed by atoms with van der Waals surface area (Å²) in [7, 11) is 1.65. The number of hydrogen-bond donors (Lipinski definition) is 2. The van der Waals surface area contributed by atoms with Crippen LogP contribution in [0.5, 0.6) is 11.5 Å². The normalized spacial score (nSPS) is 10.9. The first-order chi connectivity index (χ1) is 15.2. The maximum atomic E-state index is 5.67. The molecule has 0 aliphatic heterocycles. The van der Waals surface area contributed by atoms with E-state index in [9.17, 15) is 0 Å². The lowest BCUT2D eigenvalue weighted by Crippen LogP contribution is -2.37. The smallest absolute Gasteiger partial charge is 0.191 e. The molecule has 8 heteroatoms. The van der Waals surface area contributed by atoms with Crippen molar-refractivity contribution in [1.82, 2.24) is 20.4 Å². The average molecular weight is 549 g/mol. The van der Waals surface area contributed by atoms with Gasteiger partial charge in [0.15, 0.2) is 17.5 Å². The Hall–Kier alpha value is -2.75. The molecule has 0 saturated carbocycles. The van der Waals surface area contributed by atoms with E-state index in [2.05, 4.69) is 46.9 Å². The quantitative estimate of drug-likeness (QED) is 0.225. The molecule has 0 spiro atoms. The van der Waals surface area contributed by atoms with Crippen LogP contribution in [0.4, 0.5) is 0 Å². The highest BCUT2D eigenvalue weighted by Gasteiger charge is 2.07. The second-order valence-electron chi connectivity index (χ2n) is 6.94. The van der Waals surface area contributed by atoms with Gasteiger partial charge >= 0.3 is 0 Å². The minimum atomic E-state index is 0. The van der Waals surface area contributed by atoms with Gasteiger partial charge in [0.25, 0.3) is 0 Å². The van der Waals surface area contributed by atoms with Crippen LogP contribution in [0.25, 0.3) is 0 Å². The van der Waals surface area contributed by atoms with Crippen LogP contribution in [0, 0.1) is 0 Å². The maximum absolute atomic E-state index is 5.67. The minimum Gasteiger partial charge on any atom is -0.493 e. The van der Waals surface area contributed by atoms with Gasteiger partial charge in [-0.1, -0.05) is 30.3 Å². The van der Waals surface area contributed by atoms with Crippen molar-refractivity contribution in [2.45, 2.75) is 33.5 Å². The molecule has 0 aliphatic rings. The number of guanidine groups is 1. The number of aromatic nitrogens is 2. The molecular weight excluding hydrogens is 517 g/mol. The summed E-state index contributed by atoms with van der Waals surface area (Å²) in [6.07, 6.45) is 3.77. The highest BCUT2D eigenvalue weighted by atomic mass is 127. The summed E-state index contributed by atoms with van der Waals surface area (Å²) in [6.45, 7) is 7.35. The number of aliphatic imine (C=N–C) groups is 1. The first kappa shape index (κ1) is 25.5. The molecule has 0 unspecified atom stereocenters. The SMILES string of the molecule is CCNC(=NCc1ccc(OC)c(OCC)c1)NCc1ccccc1Cn1cccn1.I. The Morgan fingerprint density at radius 1 is 1.03 bits per heavy atom. The lowest BCUT2D eigenvalue weighted by Gasteiger charge is -2.15. The molecule has 7 nitrogen and oxygen atoms in total. The molecule has 0 saturated heterocycles. The molecule has 0 fully saturated rings. The zero-order valence-corrected chi connectivity index (χ0v) is 21.2. The molecule has 2 aromatic carbocycles. The molecule has 0 bridgehead atoms. The molecule has 1 heterocycles. The molecule has 2 N–H and O–H groups in total. The predicted molar refractivity (Wildman–Crippen MR) is 139 cm³/mol. The van der Waals surface area contributed by atoms with E-state index in [1.807, 2.05) is 42.1 Å². The van der Waals surface area contributed by atoms with Crippen molar-refractivity contribution in [2.24, 2.45) is 4.99 Å². The number of nitrogens with one attached hydrogen (secondary N) is 2. The van der Waals surface area contributed by atoms with E-state index >= 15 is 0 Å². The van der Waals surface area contributed by atoms with Crippen LogP contribution in [0.1, 0.15) is 30.5 Å². The Kier molecular flexibility index (Phi) is 10.9. The molecule has 3 rings (SSSR count). The Labute approximate surface area is 207 Å². The fourth-order valence-corrected chi connectivity index (χ4v) is 3.23. The molecular formula is C24H32IN5O2. The standard InChI is InChI=1S/C24H31N5O2.HI/c1-4-25-24(26-16-19-11-12-22(30-3)23(15-19)31-5-2)27-17-20-9-6-7-10-21(20)18-29-14-8-13-28-29;/h6-15H,4-5,16-18H2,1-3H3,(H2,25,26,27);1H. The van der Waals surface area contributed by atoms with Gasteiger partial charge in [-0.2, -0.15) is 5.10 Å². The fraction of sp³-hybridized carbons (Fsp3) is 0.333. The van der Waals surface area contributed by atoms with E-state index in [4.69, 9.17) is 14.5 Å². The third-order valence-electron chi connectivity index (χ3n) is 4.75. The van der Waals surface area contributed by atoms with Crippen molar-refractivity contribution in [3.05, 3.63) is 77.6 Å². The molecule has 3 aromatic rings. The molecule has 32 heavy (non-hydrogen) atoms. The van der Waals surface area contributed by atoms with E-state index in [0.29, 0.717) is 19.7 Å². The average Bonchev–Trinajstić information content (AvgIpc) is 3.30. The van der Waals surface area contributed by atoms with Crippen LogP contribution in [0.3, 0.4) is 0 Å². The Morgan fingerprint density at radius 3 is 2.53 bits per heavy atom. The summed E-state index contributed by atoms with van der Waals surface area (Å²) in [4.78, 5) is 4.74. The summed E-state index contributed by atoms with van der Waals surface area (Å²) >= 11 is 0. The van der Waals surface area contributed by atoms with Crippen molar-refractivity contribution in [3.8, 4) is 11.5 Å². The number of methoxy groups -OCH3 is 1. The van der Waals surface area contributed by atoms with Gasteiger partial charge in [-0.25, -0.2) is 4.99 Å². The van der Waals surface area contributed by atoms with Crippen molar-refractivity contribution in [3.63, 3.8) is 0 Å². The van der Waals surface area contributed by atoms with Crippen molar-refractivity contribution >= 4 is 29.9 Å². The van der Waals surface area contributed by atoms with E-state index in [1.165, 1.54) is 11.1 Å². The monoisotopic (exact) mass is 549 g/mol. The number of hydrogen-bond acceptors (Lipinski definition) is 4. The molecule has 0 atom stereocenters. The second kappa shape index (κ2) is 13.6. The van der Waals surface area contributed by atoms with Crippen molar-refractivity contribution in [1.29, 1.82) is 0 Å². The maximum Gasteiger partial charge on any atom is 0.191 e. The van der Waals surface area contributed by atoms with E-state index in [1.54, 1.807) is 13.3 Å². The summed E-state index contributed by atoms with van der Waals surface area (Å²) in [5, 5.41) is 11.1. The van der Waals surface area contributed by atoms with Crippen LogP contribution < -0.4 is 20.1 Å². The van der Waals surface area contributed by atoms with Gasteiger partial charge in [0.2, 0.25) is 0 Å². The second-order valence-corrected chi connectivity index (χ2v) is 6.94. The van der Waals surface area contributed by atoms with Crippen molar-refractivity contribution in [2.75, 3.05) is 20.3 Å². The Morgan fingerprint density at radius 2 is 1.84 bits per heavy atom. The zero-order valence-electron chi connectivity index (χ0n) is 18.9. The number of halogens is 1. The summed E-state index contributed by atoms with van der Waals surface area (Å²) in [5.41, 5.74) is 3.50. The first-order valence-electron chi connectivity index (χ1n) is 10.6. The van der Waals surface area contributed by atoms with Gasteiger partial charge in [-0.3, -0.25) is 4.68 Å². The molecule has 172 valence electrons. The Balaban J connectivity index is 0.00000363. The third kappa shape index (κ3) is 7.44. The fourth-order valence-electron chi connectivity index (χ4n) is 3.23. The molecule has 0 aliphatic carbocycles. The van der Waals surface area contributed by atoms with Crippen molar-refractivity contribution < 1.29 is 9.47 Å². The Bertz CT molecular complexity index is 976. The van der Waals surface area contributed by atoms with Gasteiger partial charge in [-0.05, 0) is 48.7 Å². The highest BCUT2D eigenvalue weighted by molar-refractivity contribution is 14.0. The van der Waals surface area contributed by atoms with Gasteiger partial charge in [-0.15, -0.1) is 24.0 Å². The minimum absolute atomic E-state index is 0. The van der Waals surface area contributed by atoms with Gasteiger partial charge < -0.3 is 20.1 Å². The lowest BCUT2D eigenvalue weighted by molar-refractivity contribution is 0.310. The van der Waals surface area contributed by atoms with Gasteiger partial charge in [0.05, 0.1) is 26.8 Å². The highest BCUT2D eigenvalue weighted by Crippen LogP contribution is 2.28. The summed E-state index contributed by atoms with van der Waals surface area (Å²) in [6, 6.07) is 16.2. The van der Waals surface area contributed by atoms with Crippen LogP contribution in [-0.2, 0) is 19.6 Å².